The fraction of sp³-hybridized carbons (Fsp3) is 0.800. The summed E-state index contributed by atoms with van der Waals surface area (Å²) in [4.78, 5) is 11.7. The third-order valence-electron chi connectivity index (χ3n) is 3.78. The van der Waals surface area contributed by atoms with Gasteiger partial charge in [0, 0.05) is 12.3 Å². The molecule has 1 aliphatic carbocycles. The summed E-state index contributed by atoms with van der Waals surface area (Å²) >= 11 is 0. The van der Waals surface area contributed by atoms with Crippen molar-refractivity contribution in [2.45, 2.75) is 64.4 Å². The lowest BCUT2D eigenvalue weighted by Crippen LogP contribution is -2.25. The van der Waals surface area contributed by atoms with Crippen LogP contribution in [0.1, 0.15) is 58.8 Å². The van der Waals surface area contributed by atoms with Crippen molar-refractivity contribution in [2.24, 2.45) is 11.8 Å². The smallest absolute Gasteiger partial charge is 0.137 e. The number of aliphatic hydroxyl groups is 1. The Balaban J connectivity index is 2.31. The largest absolute Gasteiger partial charge is 0.390 e. The van der Waals surface area contributed by atoms with Crippen molar-refractivity contribution in [1.29, 1.82) is 5.26 Å². The van der Waals surface area contributed by atoms with E-state index in [0.29, 0.717) is 19.3 Å². The van der Waals surface area contributed by atoms with E-state index in [-0.39, 0.29) is 17.6 Å². The van der Waals surface area contributed by atoms with E-state index in [2.05, 4.69) is 13.0 Å². The molecule has 3 heteroatoms. The quantitative estimate of drug-likeness (QED) is 0.706. The summed E-state index contributed by atoms with van der Waals surface area (Å²) in [5, 5.41) is 19.0. The molecule has 101 valence electrons. The Morgan fingerprint density at radius 3 is 2.78 bits per heavy atom. The number of nitriles is 1. The number of nitrogens with zero attached hydrogens (tertiary/aromatic N) is 1. The monoisotopic (exact) mass is 250 g/mol. The summed E-state index contributed by atoms with van der Waals surface area (Å²) in [6.45, 7) is 3.99. The fourth-order valence-corrected chi connectivity index (χ4v) is 2.52. The Morgan fingerprint density at radius 1 is 1.50 bits per heavy atom. The molecule has 0 heterocycles. The van der Waals surface area contributed by atoms with E-state index >= 15 is 0 Å². The van der Waals surface area contributed by atoms with Crippen molar-refractivity contribution in [3.05, 3.63) is 6.42 Å². The average molecular weight is 250 g/mol. The van der Waals surface area contributed by atoms with Crippen LogP contribution >= 0.6 is 0 Å². The molecular formula is C15H24NO2. The number of ketones is 1. The first-order valence-corrected chi connectivity index (χ1v) is 6.98. The number of hydrogen-bond donors (Lipinski definition) is 1. The third-order valence-corrected chi connectivity index (χ3v) is 3.78. The van der Waals surface area contributed by atoms with Crippen LogP contribution in [0.4, 0.5) is 0 Å². The first-order valence-electron chi connectivity index (χ1n) is 6.98. The minimum atomic E-state index is -0.673. The van der Waals surface area contributed by atoms with E-state index in [1.54, 1.807) is 0 Å². The minimum Gasteiger partial charge on any atom is -0.390 e. The van der Waals surface area contributed by atoms with Gasteiger partial charge in [-0.2, -0.15) is 5.26 Å². The maximum Gasteiger partial charge on any atom is 0.137 e. The number of Topliss-reactive ketones (excluding diaryl/α,β-unsaturated/α-hetero) is 1. The van der Waals surface area contributed by atoms with E-state index in [1.807, 2.05) is 13.3 Å². The first-order chi connectivity index (χ1) is 8.48. The van der Waals surface area contributed by atoms with Gasteiger partial charge < -0.3 is 5.11 Å². The number of carbonyl (C=O) groups is 1. The maximum atomic E-state index is 11.7. The highest BCUT2D eigenvalue weighted by Crippen LogP contribution is 2.32. The van der Waals surface area contributed by atoms with Gasteiger partial charge in [0.15, 0.2) is 0 Å². The van der Waals surface area contributed by atoms with Crippen molar-refractivity contribution in [1.82, 2.24) is 0 Å². The summed E-state index contributed by atoms with van der Waals surface area (Å²) in [5.74, 6) is -0.175. The van der Waals surface area contributed by atoms with Crippen molar-refractivity contribution in [3.63, 3.8) is 0 Å². The summed E-state index contributed by atoms with van der Waals surface area (Å²) in [6, 6.07) is 2.12. The average Bonchev–Trinajstić information content (AvgIpc) is 2.68. The second-order valence-corrected chi connectivity index (χ2v) is 5.70. The van der Waals surface area contributed by atoms with Crippen LogP contribution in [0.25, 0.3) is 0 Å². The standard InChI is InChI=1S/C15H24NO2/c1-3-4-5-7-15(2,18)8-6-13-9-12(11-16)10-14(13)17/h9,12-13,18H,3-8,10H2,1-2H3. The zero-order valence-electron chi connectivity index (χ0n) is 11.5. The molecule has 18 heavy (non-hydrogen) atoms. The molecule has 0 bridgehead atoms. The van der Waals surface area contributed by atoms with Crippen LogP contribution in [0.15, 0.2) is 0 Å². The molecule has 3 unspecified atom stereocenters. The summed E-state index contributed by atoms with van der Waals surface area (Å²) in [7, 11) is 0. The molecule has 1 saturated carbocycles. The minimum absolute atomic E-state index is 0.118. The van der Waals surface area contributed by atoms with Crippen LogP contribution in [0, 0.1) is 29.6 Å². The number of unbranched alkanes of at least 4 members (excludes halogenated alkanes) is 2. The van der Waals surface area contributed by atoms with Gasteiger partial charge in [-0.1, -0.05) is 26.2 Å². The predicted octanol–water partition coefficient (Wildman–Crippen LogP) is 3.03. The molecule has 1 rings (SSSR count). The SMILES string of the molecule is CCCCCC(C)(O)CCC1[CH]C(C#N)CC1=O. The highest BCUT2D eigenvalue weighted by Gasteiger charge is 2.34. The molecular weight excluding hydrogens is 226 g/mol. The number of rotatable bonds is 7. The predicted molar refractivity (Wildman–Crippen MR) is 70.5 cm³/mol. The van der Waals surface area contributed by atoms with Gasteiger partial charge in [-0.3, -0.25) is 4.79 Å². The summed E-state index contributed by atoms with van der Waals surface area (Å²) < 4.78 is 0. The number of hydrogen-bond acceptors (Lipinski definition) is 3. The van der Waals surface area contributed by atoms with Crippen molar-refractivity contribution < 1.29 is 9.90 Å². The van der Waals surface area contributed by atoms with Gasteiger partial charge in [0.2, 0.25) is 0 Å². The first kappa shape index (κ1) is 15.2. The van der Waals surface area contributed by atoms with Gasteiger partial charge >= 0.3 is 0 Å². The Morgan fingerprint density at radius 2 is 2.22 bits per heavy atom. The lowest BCUT2D eigenvalue weighted by atomic mass is 9.88. The molecule has 1 radical (unpaired) electrons. The Bertz CT molecular complexity index is 317. The summed E-state index contributed by atoms with van der Waals surface area (Å²) in [6.07, 6.45) is 7.65. The van der Waals surface area contributed by atoms with Crippen molar-refractivity contribution >= 4 is 5.78 Å². The molecule has 0 spiro atoms. The van der Waals surface area contributed by atoms with Gasteiger partial charge in [0.1, 0.15) is 5.78 Å². The third kappa shape index (κ3) is 4.78. The van der Waals surface area contributed by atoms with Crippen LogP contribution in [-0.2, 0) is 4.79 Å². The van der Waals surface area contributed by atoms with Crippen LogP contribution in [0.5, 0.6) is 0 Å². The second-order valence-electron chi connectivity index (χ2n) is 5.70. The molecule has 0 saturated heterocycles. The molecule has 0 aromatic heterocycles. The van der Waals surface area contributed by atoms with Crippen molar-refractivity contribution in [2.75, 3.05) is 0 Å². The van der Waals surface area contributed by atoms with Crippen LogP contribution in [-0.4, -0.2) is 16.5 Å². The lowest BCUT2D eigenvalue weighted by Gasteiger charge is -2.24. The highest BCUT2D eigenvalue weighted by atomic mass is 16.3. The molecule has 3 atom stereocenters. The van der Waals surface area contributed by atoms with Gasteiger partial charge in [-0.15, -0.1) is 0 Å². The fourth-order valence-electron chi connectivity index (χ4n) is 2.52. The maximum absolute atomic E-state index is 11.7. The van der Waals surface area contributed by atoms with E-state index in [0.717, 1.165) is 25.7 Å². The van der Waals surface area contributed by atoms with Crippen LogP contribution in [0.2, 0.25) is 0 Å². The van der Waals surface area contributed by atoms with Crippen LogP contribution in [0.3, 0.4) is 0 Å². The van der Waals surface area contributed by atoms with E-state index < -0.39 is 5.60 Å². The van der Waals surface area contributed by atoms with Crippen LogP contribution < -0.4 is 0 Å². The molecule has 3 nitrogen and oxygen atoms in total. The lowest BCUT2D eigenvalue weighted by molar-refractivity contribution is -0.120. The summed E-state index contributed by atoms with van der Waals surface area (Å²) in [5.41, 5.74) is -0.673. The van der Waals surface area contributed by atoms with E-state index in [1.165, 1.54) is 0 Å². The molecule has 0 amide bonds. The van der Waals surface area contributed by atoms with E-state index in [4.69, 9.17) is 5.26 Å². The topological polar surface area (TPSA) is 61.1 Å². The Kier molecular flexibility index (Phi) is 5.81. The normalized spacial score (nSPS) is 26.9. The molecule has 0 aromatic rings. The molecule has 0 aliphatic heterocycles. The molecule has 1 aliphatic rings. The van der Waals surface area contributed by atoms with Gasteiger partial charge in [-0.05, 0) is 32.6 Å². The van der Waals surface area contributed by atoms with E-state index in [9.17, 15) is 9.90 Å². The second kappa shape index (κ2) is 6.89. The van der Waals surface area contributed by atoms with Gasteiger partial charge in [-0.25, -0.2) is 0 Å². The molecule has 1 fully saturated rings. The Labute approximate surface area is 110 Å². The number of carbonyl (C=O) groups excluding carboxylic acids is 1. The van der Waals surface area contributed by atoms with Gasteiger partial charge in [0.25, 0.3) is 0 Å². The zero-order chi connectivity index (χ0) is 13.6. The molecule has 1 N–H and O–H groups in total. The Hall–Kier alpha value is -0.880. The van der Waals surface area contributed by atoms with Gasteiger partial charge in [0.05, 0.1) is 17.6 Å². The molecule has 0 aromatic carbocycles. The van der Waals surface area contributed by atoms with Crippen molar-refractivity contribution in [3.8, 4) is 6.07 Å². The highest BCUT2D eigenvalue weighted by molar-refractivity contribution is 5.85. The zero-order valence-corrected chi connectivity index (χ0v) is 11.5.